The fourth-order valence-corrected chi connectivity index (χ4v) is 3.67. The number of halogens is 1. The van der Waals surface area contributed by atoms with Gasteiger partial charge in [-0.15, -0.1) is 12.4 Å². The van der Waals surface area contributed by atoms with E-state index in [-0.39, 0.29) is 18.0 Å². The number of hydrogen-bond acceptors (Lipinski definition) is 3. The molecule has 0 saturated heterocycles. The van der Waals surface area contributed by atoms with Crippen LogP contribution in [0.25, 0.3) is 10.9 Å². The van der Waals surface area contributed by atoms with Gasteiger partial charge < -0.3 is 19.3 Å². The van der Waals surface area contributed by atoms with E-state index in [1.807, 2.05) is 12.1 Å². The van der Waals surface area contributed by atoms with Crippen molar-refractivity contribution < 1.29 is 9.84 Å². The second kappa shape index (κ2) is 6.71. The molecule has 0 fully saturated rings. The van der Waals surface area contributed by atoms with E-state index in [0.717, 1.165) is 32.5 Å². The summed E-state index contributed by atoms with van der Waals surface area (Å²) in [5.74, 6) is 0.338. The van der Waals surface area contributed by atoms with E-state index in [9.17, 15) is 5.11 Å². The molecule has 0 spiro atoms. The summed E-state index contributed by atoms with van der Waals surface area (Å²) in [5.41, 5.74) is 3.58. The van der Waals surface area contributed by atoms with Crippen LogP contribution in [0.15, 0.2) is 18.2 Å². The van der Waals surface area contributed by atoms with E-state index in [0.29, 0.717) is 5.75 Å². The zero-order valence-corrected chi connectivity index (χ0v) is 15.2. The normalized spacial score (nSPS) is 20.6. The summed E-state index contributed by atoms with van der Waals surface area (Å²) in [5, 5.41) is 11.0. The minimum absolute atomic E-state index is 0. The van der Waals surface area contributed by atoms with Crippen LogP contribution in [-0.4, -0.2) is 41.8 Å². The third-order valence-corrected chi connectivity index (χ3v) is 4.78. The first-order chi connectivity index (χ1) is 10.5. The molecule has 0 aliphatic carbocycles. The number of ether oxygens (including phenoxy) is 1. The lowest BCUT2D eigenvalue weighted by atomic mass is 9.89. The lowest BCUT2D eigenvalue weighted by Crippen LogP contribution is -2.37. The zero-order chi connectivity index (χ0) is 15.9. The van der Waals surface area contributed by atoms with Crippen molar-refractivity contribution in [2.75, 3.05) is 27.2 Å². The van der Waals surface area contributed by atoms with Crippen LogP contribution in [0.5, 0.6) is 5.75 Å². The van der Waals surface area contributed by atoms with Crippen molar-refractivity contribution in [3.8, 4) is 5.75 Å². The summed E-state index contributed by atoms with van der Waals surface area (Å²) in [6, 6.07) is 5.70. The Morgan fingerprint density at radius 3 is 2.74 bits per heavy atom. The molecule has 1 atom stereocenters. The van der Waals surface area contributed by atoms with E-state index in [4.69, 9.17) is 4.74 Å². The van der Waals surface area contributed by atoms with Crippen LogP contribution in [0.2, 0.25) is 0 Å². The van der Waals surface area contributed by atoms with Crippen LogP contribution in [0, 0.1) is 0 Å². The molecule has 1 unspecified atom stereocenters. The third kappa shape index (κ3) is 3.08. The summed E-state index contributed by atoms with van der Waals surface area (Å²) in [6.45, 7) is 7.03. The monoisotopic (exact) mass is 338 g/mol. The molecule has 5 heteroatoms. The van der Waals surface area contributed by atoms with Gasteiger partial charge in [0.05, 0.1) is 12.3 Å². The Bertz CT molecular complexity index is 696. The fraction of sp³-hybridized carbons (Fsp3) is 0.556. The van der Waals surface area contributed by atoms with Gasteiger partial charge >= 0.3 is 0 Å². The number of aromatic nitrogens is 1. The van der Waals surface area contributed by atoms with Crippen LogP contribution >= 0.6 is 12.4 Å². The number of aromatic hydroxyl groups is 1. The molecule has 1 aromatic carbocycles. The summed E-state index contributed by atoms with van der Waals surface area (Å²) >= 11 is 0. The Morgan fingerprint density at radius 1 is 1.35 bits per heavy atom. The van der Waals surface area contributed by atoms with E-state index in [1.54, 1.807) is 6.07 Å². The van der Waals surface area contributed by atoms with Gasteiger partial charge in [0.2, 0.25) is 0 Å². The van der Waals surface area contributed by atoms with Crippen LogP contribution in [-0.2, 0) is 23.3 Å². The molecule has 0 radical (unpaired) electrons. The highest BCUT2D eigenvalue weighted by atomic mass is 35.5. The summed E-state index contributed by atoms with van der Waals surface area (Å²) in [7, 11) is 4.20. The SMILES string of the molecule is CCn1c2c(c3cc(O)ccc31)CCOC2(C)CCN(C)C.Cl. The van der Waals surface area contributed by atoms with Crippen LogP contribution in [0.1, 0.15) is 31.5 Å². The highest BCUT2D eigenvalue weighted by molar-refractivity contribution is 5.87. The molecular formula is C18H27ClN2O2. The van der Waals surface area contributed by atoms with Crippen molar-refractivity contribution in [3.05, 3.63) is 29.5 Å². The van der Waals surface area contributed by atoms with Gasteiger partial charge in [0.25, 0.3) is 0 Å². The number of nitrogens with zero attached hydrogens (tertiary/aromatic N) is 2. The summed E-state index contributed by atoms with van der Waals surface area (Å²) < 4.78 is 8.59. The molecule has 0 amide bonds. The fourth-order valence-electron chi connectivity index (χ4n) is 3.67. The van der Waals surface area contributed by atoms with Crippen molar-refractivity contribution in [1.82, 2.24) is 9.47 Å². The predicted octanol–water partition coefficient (Wildman–Crippen LogP) is 3.53. The molecule has 128 valence electrons. The van der Waals surface area contributed by atoms with Crippen molar-refractivity contribution in [1.29, 1.82) is 0 Å². The van der Waals surface area contributed by atoms with Gasteiger partial charge in [-0.25, -0.2) is 0 Å². The summed E-state index contributed by atoms with van der Waals surface area (Å²) in [6.07, 6.45) is 1.88. The quantitative estimate of drug-likeness (QED) is 0.926. The number of phenols is 1. The molecule has 1 aromatic heterocycles. The predicted molar refractivity (Wildman–Crippen MR) is 96.7 cm³/mol. The van der Waals surface area contributed by atoms with Gasteiger partial charge in [0.1, 0.15) is 11.4 Å². The molecule has 1 N–H and O–H groups in total. The lowest BCUT2D eigenvalue weighted by Gasteiger charge is -2.36. The Balaban J connectivity index is 0.00000192. The first-order valence-electron chi connectivity index (χ1n) is 8.09. The van der Waals surface area contributed by atoms with Gasteiger partial charge in [-0.2, -0.15) is 0 Å². The van der Waals surface area contributed by atoms with Crippen molar-refractivity contribution in [3.63, 3.8) is 0 Å². The molecule has 1 aliphatic heterocycles. The second-order valence-electron chi connectivity index (χ2n) is 6.66. The molecule has 2 heterocycles. The maximum Gasteiger partial charge on any atom is 0.116 e. The molecule has 2 aromatic rings. The van der Waals surface area contributed by atoms with Gasteiger partial charge in [-0.1, -0.05) is 0 Å². The number of benzene rings is 1. The number of aryl methyl sites for hydroxylation is 1. The topological polar surface area (TPSA) is 37.6 Å². The zero-order valence-electron chi connectivity index (χ0n) is 14.4. The number of phenolic OH excluding ortho intramolecular Hbond substituents is 1. The highest BCUT2D eigenvalue weighted by Crippen LogP contribution is 2.42. The molecule has 0 bridgehead atoms. The van der Waals surface area contributed by atoms with Crippen molar-refractivity contribution in [2.24, 2.45) is 0 Å². The Morgan fingerprint density at radius 2 is 2.09 bits per heavy atom. The van der Waals surface area contributed by atoms with E-state index in [2.05, 4.69) is 37.4 Å². The van der Waals surface area contributed by atoms with E-state index in [1.165, 1.54) is 22.2 Å². The van der Waals surface area contributed by atoms with Crippen molar-refractivity contribution in [2.45, 2.75) is 38.8 Å². The second-order valence-corrected chi connectivity index (χ2v) is 6.66. The Hall–Kier alpha value is -1.23. The lowest BCUT2D eigenvalue weighted by molar-refractivity contribution is -0.0604. The van der Waals surface area contributed by atoms with Crippen molar-refractivity contribution >= 4 is 23.3 Å². The maximum absolute atomic E-state index is 9.87. The third-order valence-electron chi connectivity index (χ3n) is 4.78. The molecule has 23 heavy (non-hydrogen) atoms. The largest absolute Gasteiger partial charge is 0.508 e. The van der Waals surface area contributed by atoms with Crippen LogP contribution in [0.3, 0.4) is 0 Å². The summed E-state index contributed by atoms with van der Waals surface area (Å²) in [4.78, 5) is 2.20. The van der Waals surface area contributed by atoms with Gasteiger partial charge in [0.15, 0.2) is 0 Å². The average Bonchev–Trinajstić information content (AvgIpc) is 2.80. The molecular weight excluding hydrogens is 312 g/mol. The minimum atomic E-state index is -0.261. The molecule has 3 rings (SSSR count). The number of hydrogen-bond donors (Lipinski definition) is 1. The van der Waals surface area contributed by atoms with E-state index >= 15 is 0 Å². The Kier molecular flexibility index (Phi) is 5.29. The molecule has 4 nitrogen and oxygen atoms in total. The van der Waals surface area contributed by atoms with Crippen LogP contribution < -0.4 is 0 Å². The Labute approximate surface area is 144 Å². The highest BCUT2D eigenvalue weighted by Gasteiger charge is 2.37. The molecule has 1 aliphatic rings. The maximum atomic E-state index is 9.87. The first-order valence-corrected chi connectivity index (χ1v) is 8.09. The molecule has 0 saturated carbocycles. The van der Waals surface area contributed by atoms with Crippen LogP contribution in [0.4, 0.5) is 0 Å². The van der Waals surface area contributed by atoms with Gasteiger partial charge in [0, 0.05) is 24.0 Å². The number of fused-ring (bicyclic) bond motifs is 3. The standard InChI is InChI=1S/C18H26N2O2.ClH/c1-5-20-16-7-6-13(21)12-15(16)14-8-11-22-18(2,17(14)20)9-10-19(3)4;/h6-7,12,21H,5,8-11H2,1-4H3;1H. The number of rotatable bonds is 4. The van der Waals surface area contributed by atoms with Gasteiger partial charge in [-0.05, 0) is 64.5 Å². The van der Waals surface area contributed by atoms with E-state index < -0.39 is 0 Å². The average molecular weight is 339 g/mol. The van der Waals surface area contributed by atoms with Gasteiger partial charge in [-0.3, -0.25) is 0 Å². The smallest absolute Gasteiger partial charge is 0.116 e. The first kappa shape index (κ1) is 18.1. The minimum Gasteiger partial charge on any atom is -0.508 e.